The highest BCUT2D eigenvalue weighted by atomic mass is 19.1. The molecule has 1 heterocycles. The summed E-state index contributed by atoms with van der Waals surface area (Å²) in [6, 6.07) is 9.19. The number of anilines is 1. The minimum atomic E-state index is -0.839. The summed E-state index contributed by atoms with van der Waals surface area (Å²) in [5, 5.41) is 0. The molecule has 0 saturated heterocycles. The highest BCUT2D eigenvalue weighted by Crippen LogP contribution is 2.08. The number of pyridine rings is 1. The summed E-state index contributed by atoms with van der Waals surface area (Å²) >= 11 is 0. The summed E-state index contributed by atoms with van der Waals surface area (Å²) in [6.45, 7) is 0.152. The fourth-order valence-electron chi connectivity index (χ4n) is 1.74. The van der Waals surface area contributed by atoms with E-state index in [1.807, 2.05) is 0 Å². The van der Waals surface area contributed by atoms with Gasteiger partial charge in [-0.3, -0.25) is 4.79 Å². The Morgan fingerprint density at radius 1 is 1.26 bits per heavy atom. The Morgan fingerprint density at radius 3 is 2.61 bits per heavy atom. The van der Waals surface area contributed by atoms with E-state index in [4.69, 9.17) is 16.2 Å². The Bertz CT molecular complexity index is 718. The van der Waals surface area contributed by atoms with Crippen LogP contribution in [0.2, 0.25) is 0 Å². The Balaban J connectivity index is 1.92. The molecule has 1 aromatic heterocycles. The molecule has 6 heteroatoms. The lowest BCUT2D eigenvalue weighted by Crippen LogP contribution is -2.30. The molecule has 23 heavy (non-hydrogen) atoms. The quantitative estimate of drug-likeness (QED) is 0.821. The average molecular weight is 313 g/mol. The molecule has 0 saturated carbocycles. The lowest BCUT2D eigenvalue weighted by molar-refractivity contribution is -0.129. The van der Waals surface area contributed by atoms with Crippen molar-refractivity contribution in [3.8, 4) is 11.8 Å². The monoisotopic (exact) mass is 313 g/mol. The molecule has 0 aliphatic heterocycles. The molecule has 2 aromatic rings. The van der Waals surface area contributed by atoms with Gasteiger partial charge in [-0.25, -0.2) is 9.37 Å². The van der Waals surface area contributed by atoms with Crippen LogP contribution in [0.5, 0.6) is 0 Å². The van der Waals surface area contributed by atoms with E-state index in [2.05, 4.69) is 16.8 Å². The number of carbonyl (C=O) groups excluding carboxylic acids is 1. The number of hydrogen-bond acceptors (Lipinski definition) is 4. The predicted molar refractivity (Wildman–Crippen MR) is 84.3 cm³/mol. The number of ether oxygens (including phenoxy) is 1. The molecule has 118 valence electrons. The fourth-order valence-corrected chi connectivity index (χ4v) is 1.74. The summed E-state index contributed by atoms with van der Waals surface area (Å²) in [4.78, 5) is 15.3. The Hall–Kier alpha value is -2.91. The van der Waals surface area contributed by atoms with Gasteiger partial charge in [0.05, 0.1) is 6.61 Å². The van der Waals surface area contributed by atoms with E-state index in [1.54, 1.807) is 30.5 Å². The predicted octanol–water partition coefficient (Wildman–Crippen LogP) is 1.62. The van der Waals surface area contributed by atoms with Gasteiger partial charge in [-0.15, -0.1) is 0 Å². The van der Waals surface area contributed by atoms with Crippen molar-refractivity contribution in [2.45, 2.75) is 19.1 Å². The topological polar surface area (TPSA) is 91.2 Å². The van der Waals surface area contributed by atoms with Crippen molar-refractivity contribution in [3.63, 3.8) is 0 Å². The lowest BCUT2D eigenvalue weighted by atomic mass is 10.2. The Morgan fingerprint density at radius 2 is 2.00 bits per heavy atom. The van der Waals surface area contributed by atoms with Crippen LogP contribution in [0, 0.1) is 17.7 Å². The maximum absolute atomic E-state index is 12.8. The van der Waals surface area contributed by atoms with Gasteiger partial charge in [0.1, 0.15) is 17.7 Å². The Kier molecular flexibility index (Phi) is 5.67. The number of rotatable bonds is 5. The van der Waals surface area contributed by atoms with Crippen molar-refractivity contribution < 1.29 is 13.9 Å². The molecule has 2 rings (SSSR count). The summed E-state index contributed by atoms with van der Waals surface area (Å²) in [5.41, 5.74) is 12.2. The molecule has 1 amide bonds. The van der Waals surface area contributed by atoms with Crippen LogP contribution in [0.3, 0.4) is 0 Å². The molecule has 0 aliphatic carbocycles. The first kappa shape index (κ1) is 16.5. The van der Waals surface area contributed by atoms with Gasteiger partial charge in [-0.1, -0.05) is 24.0 Å². The van der Waals surface area contributed by atoms with Crippen LogP contribution in [0.15, 0.2) is 42.6 Å². The minimum absolute atomic E-state index is 0.152. The van der Waals surface area contributed by atoms with E-state index in [9.17, 15) is 9.18 Å². The molecule has 4 N–H and O–H groups in total. The van der Waals surface area contributed by atoms with Crippen LogP contribution >= 0.6 is 0 Å². The molecule has 0 aliphatic rings. The van der Waals surface area contributed by atoms with Crippen molar-refractivity contribution in [3.05, 3.63) is 59.5 Å². The normalized spacial score (nSPS) is 11.3. The average Bonchev–Trinajstić information content (AvgIpc) is 2.53. The first-order chi connectivity index (χ1) is 11.0. The number of halogens is 1. The fraction of sp³-hybridized carbons (Fsp3) is 0.176. The van der Waals surface area contributed by atoms with Gasteiger partial charge in [-0.05, 0) is 29.8 Å². The first-order valence-electron chi connectivity index (χ1n) is 6.90. The second-order valence-electron chi connectivity index (χ2n) is 4.81. The van der Waals surface area contributed by atoms with Crippen molar-refractivity contribution in [1.29, 1.82) is 0 Å². The van der Waals surface area contributed by atoms with Crippen LogP contribution in [-0.2, 0) is 16.1 Å². The highest BCUT2D eigenvalue weighted by Gasteiger charge is 2.14. The molecule has 1 unspecified atom stereocenters. The standard InChI is InChI=1S/C17H16FN3O2/c18-14-7-4-13(5-8-14)11-23-15(17(20)22)3-1-2-12-6-9-16(19)21-10-12/h4-10,15H,3,11H2,(H2,19,21)(H2,20,22). The zero-order valence-electron chi connectivity index (χ0n) is 12.3. The molecule has 0 radical (unpaired) electrons. The molecular formula is C17H16FN3O2. The molecule has 1 aromatic carbocycles. The third-order valence-corrected chi connectivity index (χ3v) is 2.99. The van der Waals surface area contributed by atoms with Crippen molar-refractivity contribution >= 4 is 11.7 Å². The van der Waals surface area contributed by atoms with Crippen molar-refractivity contribution in [2.75, 3.05) is 5.73 Å². The lowest BCUT2D eigenvalue weighted by Gasteiger charge is -2.11. The van der Waals surface area contributed by atoms with E-state index in [0.717, 1.165) is 5.56 Å². The second-order valence-corrected chi connectivity index (χ2v) is 4.81. The maximum Gasteiger partial charge on any atom is 0.247 e. The maximum atomic E-state index is 12.8. The van der Waals surface area contributed by atoms with E-state index in [1.165, 1.54) is 12.1 Å². The van der Waals surface area contributed by atoms with Crippen LogP contribution in [0.4, 0.5) is 10.2 Å². The molecule has 0 spiro atoms. The largest absolute Gasteiger partial charge is 0.384 e. The van der Waals surface area contributed by atoms with Gasteiger partial charge >= 0.3 is 0 Å². The Labute approximate surface area is 133 Å². The van der Waals surface area contributed by atoms with Gasteiger partial charge in [0.25, 0.3) is 0 Å². The third-order valence-electron chi connectivity index (χ3n) is 2.99. The van der Waals surface area contributed by atoms with Crippen molar-refractivity contribution in [2.24, 2.45) is 5.73 Å². The van der Waals surface area contributed by atoms with Crippen LogP contribution in [-0.4, -0.2) is 17.0 Å². The third kappa shape index (κ3) is 5.41. The number of nitrogen functional groups attached to an aromatic ring is 1. The number of hydrogen-bond donors (Lipinski definition) is 2. The highest BCUT2D eigenvalue weighted by molar-refractivity contribution is 5.79. The number of nitrogens with zero attached hydrogens (tertiary/aromatic N) is 1. The minimum Gasteiger partial charge on any atom is -0.384 e. The van der Waals surface area contributed by atoms with E-state index in [-0.39, 0.29) is 18.8 Å². The molecule has 5 nitrogen and oxygen atoms in total. The number of aromatic nitrogens is 1. The first-order valence-corrected chi connectivity index (χ1v) is 6.90. The number of carbonyl (C=O) groups is 1. The number of benzene rings is 1. The van der Waals surface area contributed by atoms with Gasteiger partial charge in [-0.2, -0.15) is 0 Å². The number of amides is 1. The molecular weight excluding hydrogens is 297 g/mol. The van der Waals surface area contributed by atoms with Crippen LogP contribution in [0.25, 0.3) is 0 Å². The zero-order chi connectivity index (χ0) is 16.7. The van der Waals surface area contributed by atoms with Gasteiger partial charge in [0.2, 0.25) is 5.91 Å². The van der Waals surface area contributed by atoms with Gasteiger partial charge in [0.15, 0.2) is 0 Å². The molecule has 0 bridgehead atoms. The van der Waals surface area contributed by atoms with E-state index >= 15 is 0 Å². The molecule has 0 fully saturated rings. The number of nitrogens with two attached hydrogens (primary N) is 2. The SMILES string of the molecule is NC(=O)C(CC#Cc1ccc(N)nc1)OCc1ccc(F)cc1. The van der Waals surface area contributed by atoms with Crippen LogP contribution < -0.4 is 11.5 Å². The summed E-state index contributed by atoms with van der Waals surface area (Å²) < 4.78 is 18.3. The van der Waals surface area contributed by atoms with E-state index < -0.39 is 12.0 Å². The second kappa shape index (κ2) is 7.92. The van der Waals surface area contributed by atoms with Crippen molar-refractivity contribution in [1.82, 2.24) is 4.98 Å². The summed E-state index contributed by atoms with van der Waals surface area (Å²) in [5.74, 6) is 5.17. The smallest absolute Gasteiger partial charge is 0.247 e. The summed E-state index contributed by atoms with van der Waals surface area (Å²) in [7, 11) is 0. The summed E-state index contributed by atoms with van der Waals surface area (Å²) in [6.07, 6.45) is 0.858. The van der Waals surface area contributed by atoms with Gasteiger partial charge in [0, 0.05) is 18.2 Å². The number of primary amides is 1. The van der Waals surface area contributed by atoms with E-state index in [0.29, 0.717) is 11.4 Å². The van der Waals surface area contributed by atoms with Gasteiger partial charge < -0.3 is 16.2 Å². The molecule has 1 atom stereocenters. The zero-order valence-corrected chi connectivity index (χ0v) is 12.3. The van der Waals surface area contributed by atoms with Crippen LogP contribution in [0.1, 0.15) is 17.5 Å².